The van der Waals surface area contributed by atoms with Crippen LogP contribution in [0, 0.1) is 0 Å². The van der Waals surface area contributed by atoms with Crippen LogP contribution in [-0.2, 0) is 17.7 Å². The topological polar surface area (TPSA) is 43.4 Å². The Kier molecular flexibility index (Phi) is 8.23. The van der Waals surface area contributed by atoms with E-state index < -0.39 is 0 Å². The van der Waals surface area contributed by atoms with E-state index in [9.17, 15) is 0 Å². The van der Waals surface area contributed by atoms with E-state index in [4.69, 9.17) is 9.47 Å². The summed E-state index contributed by atoms with van der Waals surface area (Å²) in [6, 6.07) is 4.16. The van der Waals surface area contributed by atoms with Gasteiger partial charge in [-0.1, -0.05) is 13.8 Å². The van der Waals surface area contributed by atoms with Gasteiger partial charge in [0.15, 0.2) is 0 Å². The van der Waals surface area contributed by atoms with Crippen LogP contribution in [0.15, 0.2) is 12.1 Å². The highest BCUT2D eigenvalue weighted by Crippen LogP contribution is 2.15. The van der Waals surface area contributed by atoms with E-state index in [0.717, 1.165) is 31.6 Å². The molecule has 1 aromatic heterocycles. The SMILES string of the molecule is CCCNCc1cc(CC)nc(OC(C)COCC)c1. The molecule has 114 valence electrons. The molecule has 0 spiro atoms. The standard InChI is InChI=1S/C16H28N2O2/c1-5-8-17-11-14-9-15(6-2)18-16(10-14)20-13(4)12-19-7-3/h9-10,13,17H,5-8,11-12H2,1-4H3. The number of hydrogen-bond acceptors (Lipinski definition) is 4. The first kappa shape index (κ1) is 16.9. The Morgan fingerprint density at radius 1 is 1.25 bits per heavy atom. The minimum atomic E-state index is 0.0195. The molecule has 0 amide bonds. The van der Waals surface area contributed by atoms with Crippen LogP contribution >= 0.6 is 0 Å². The molecule has 1 atom stereocenters. The second kappa shape index (κ2) is 9.72. The summed E-state index contributed by atoms with van der Waals surface area (Å²) in [5.74, 6) is 0.699. The predicted molar refractivity (Wildman–Crippen MR) is 82.2 cm³/mol. The average molecular weight is 280 g/mol. The Balaban J connectivity index is 2.66. The molecular weight excluding hydrogens is 252 g/mol. The van der Waals surface area contributed by atoms with E-state index in [0.29, 0.717) is 19.1 Å². The van der Waals surface area contributed by atoms with E-state index in [1.165, 1.54) is 5.56 Å². The minimum absolute atomic E-state index is 0.0195. The number of rotatable bonds is 10. The minimum Gasteiger partial charge on any atom is -0.472 e. The first-order valence-corrected chi connectivity index (χ1v) is 7.64. The van der Waals surface area contributed by atoms with Gasteiger partial charge in [0.1, 0.15) is 6.10 Å². The third kappa shape index (κ3) is 6.35. The fourth-order valence-corrected chi connectivity index (χ4v) is 1.90. The van der Waals surface area contributed by atoms with Gasteiger partial charge in [0.05, 0.1) is 6.61 Å². The predicted octanol–water partition coefficient (Wildman–Crippen LogP) is 2.95. The summed E-state index contributed by atoms with van der Waals surface area (Å²) in [6.45, 7) is 11.5. The largest absolute Gasteiger partial charge is 0.472 e. The van der Waals surface area contributed by atoms with Crippen molar-refractivity contribution < 1.29 is 9.47 Å². The molecular formula is C16H28N2O2. The van der Waals surface area contributed by atoms with Crippen molar-refractivity contribution in [2.75, 3.05) is 19.8 Å². The highest BCUT2D eigenvalue weighted by molar-refractivity contribution is 5.25. The van der Waals surface area contributed by atoms with Crippen LogP contribution < -0.4 is 10.1 Å². The van der Waals surface area contributed by atoms with Crippen molar-refractivity contribution in [3.05, 3.63) is 23.4 Å². The lowest BCUT2D eigenvalue weighted by atomic mass is 10.2. The highest BCUT2D eigenvalue weighted by Gasteiger charge is 2.08. The molecule has 0 aliphatic rings. The monoisotopic (exact) mass is 280 g/mol. The average Bonchev–Trinajstić information content (AvgIpc) is 2.45. The van der Waals surface area contributed by atoms with E-state index in [2.05, 4.69) is 30.2 Å². The molecule has 0 aromatic carbocycles. The molecule has 0 aliphatic carbocycles. The van der Waals surface area contributed by atoms with Crippen molar-refractivity contribution in [1.82, 2.24) is 10.3 Å². The van der Waals surface area contributed by atoms with Gasteiger partial charge >= 0.3 is 0 Å². The van der Waals surface area contributed by atoms with Crippen molar-refractivity contribution in [3.8, 4) is 5.88 Å². The zero-order valence-electron chi connectivity index (χ0n) is 13.2. The Hall–Kier alpha value is -1.13. The van der Waals surface area contributed by atoms with Gasteiger partial charge in [-0.2, -0.15) is 0 Å². The van der Waals surface area contributed by atoms with Crippen LogP contribution in [0.2, 0.25) is 0 Å². The molecule has 0 bridgehead atoms. The lowest BCUT2D eigenvalue weighted by Gasteiger charge is -2.15. The zero-order valence-corrected chi connectivity index (χ0v) is 13.2. The van der Waals surface area contributed by atoms with Crippen LogP contribution in [0.5, 0.6) is 5.88 Å². The van der Waals surface area contributed by atoms with Crippen molar-refractivity contribution in [1.29, 1.82) is 0 Å². The van der Waals surface area contributed by atoms with Gasteiger partial charge in [-0.3, -0.25) is 0 Å². The number of hydrogen-bond donors (Lipinski definition) is 1. The van der Waals surface area contributed by atoms with Crippen molar-refractivity contribution in [2.24, 2.45) is 0 Å². The third-order valence-corrected chi connectivity index (χ3v) is 2.91. The smallest absolute Gasteiger partial charge is 0.214 e. The molecule has 0 saturated heterocycles. The quantitative estimate of drug-likeness (QED) is 0.669. The third-order valence-electron chi connectivity index (χ3n) is 2.91. The molecule has 1 heterocycles. The van der Waals surface area contributed by atoms with Crippen LogP contribution in [0.4, 0.5) is 0 Å². The fourth-order valence-electron chi connectivity index (χ4n) is 1.90. The maximum absolute atomic E-state index is 5.84. The van der Waals surface area contributed by atoms with Gasteiger partial charge in [-0.15, -0.1) is 0 Å². The first-order valence-electron chi connectivity index (χ1n) is 7.64. The van der Waals surface area contributed by atoms with Crippen LogP contribution in [-0.4, -0.2) is 30.8 Å². The summed E-state index contributed by atoms with van der Waals surface area (Å²) in [5.41, 5.74) is 2.29. The molecule has 4 heteroatoms. The fraction of sp³-hybridized carbons (Fsp3) is 0.688. The first-order chi connectivity index (χ1) is 9.69. The highest BCUT2D eigenvalue weighted by atomic mass is 16.5. The Morgan fingerprint density at radius 2 is 2.05 bits per heavy atom. The molecule has 1 rings (SSSR count). The molecule has 0 saturated carbocycles. The Morgan fingerprint density at radius 3 is 2.70 bits per heavy atom. The van der Waals surface area contributed by atoms with Crippen molar-refractivity contribution in [3.63, 3.8) is 0 Å². The molecule has 4 nitrogen and oxygen atoms in total. The maximum Gasteiger partial charge on any atom is 0.214 e. The van der Waals surface area contributed by atoms with Crippen LogP contribution in [0.25, 0.3) is 0 Å². The summed E-state index contributed by atoms with van der Waals surface area (Å²) in [4.78, 5) is 4.52. The lowest BCUT2D eigenvalue weighted by molar-refractivity contribution is 0.0632. The summed E-state index contributed by atoms with van der Waals surface area (Å²) >= 11 is 0. The Labute approximate surface area is 122 Å². The van der Waals surface area contributed by atoms with E-state index >= 15 is 0 Å². The number of nitrogens with one attached hydrogen (secondary N) is 1. The van der Waals surface area contributed by atoms with Gasteiger partial charge < -0.3 is 14.8 Å². The normalized spacial score (nSPS) is 12.4. The molecule has 0 aliphatic heterocycles. The van der Waals surface area contributed by atoms with E-state index in [1.54, 1.807) is 0 Å². The van der Waals surface area contributed by atoms with Crippen molar-refractivity contribution >= 4 is 0 Å². The molecule has 1 unspecified atom stereocenters. The van der Waals surface area contributed by atoms with E-state index in [-0.39, 0.29) is 6.10 Å². The number of nitrogens with zero attached hydrogens (tertiary/aromatic N) is 1. The number of aryl methyl sites for hydroxylation is 1. The zero-order chi connectivity index (χ0) is 14.8. The van der Waals surface area contributed by atoms with Crippen LogP contribution in [0.1, 0.15) is 45.4 Å². The van der Waals surface area contributed by atoms with Crippen LogP contribution in [0.3, 0.4) is 0 Å². The number of pyridine rings is 1. The summed E-state index contributed by atoms with van der Waals surface area (Å²) in [5, 5.41) is 3.41. The summed E-state index contributed by atoms with van der Waals surface area (Å²) in [6.07, 6.45) is 2.07. The summed E-state index contributed by atoms with van der Waals surface area (Å²) < 4.78 is 11.2. The molecule has 1 N–H and O–H groups in total. The van der Waals surface area contributed by atoms with Gasteiger partial charge in [-0.25, -0.2) is 4.98 Å². The Bertz CT molecular complexity index is 383. The second-order valence-electron chi connectivity index (χ2n) is 4.92. The maximum atomic E-state index is 5.84. The van der Waals surface area contributed by atoms with Crippen molar-refractivity contribution in [2.45, 2.75) is 53.2 Å². The van der Waals surface area contributed by atoms with Gasteiger partial charge in [0.2, 0.25) is 5.88 Å². The molecule has 20 heavy (non-hydrogen) atoms. The lowest BCUT2D eigenvalue weighted by Crippen LogP contribution is -2.20. The van der Waals surface area contributed by atoms with E-state index in [1.807, 2.05) is 19.9 Å². The number of ether oxygens (including phenoxy) is 2. The molecule has 1 aromatic rings. The van der Waals surface area contributed by atoms with Gasteiger partial charge in [0, 0.05) is 24.9 Å². The van der Waals surface area contributed by atoms with Gasteiger partial charge in [0.25, 0.3) is 0 Å². The molecule has 0 radical (unpaired) electrons. The molecule has 0 fully saturated rings. The van der Waals surface area contributed by atoms with Gasteiger partial charge in [-0.05, 0) is 44.9 Å². The number of aromatic nitrogens is 1. The summed E-state index contributed by atoms with van der Waals surface area (Å²) in [7, 11) is 0. The second-order valence-corrected chi connectivity index (χ2v) is 4.92.